The molecule has 2 heterocycles. The summed E-state index contributed by atoms with van der Waals surface area (Å²) in [5, 5.41) is 0. The second-order valence-corrected chi connectivity index (χ2v) is 3.13. The Bertz CT molecular complexity index is 428. The van der Waals surface area contributed by atoms with Gasteiger partial charge in [-0.1, -0.05) is 6.07 Å². The number of nitrogens with two attached hydrogens (primary N) is 1. The first-order valence-electron chi connectivity index (χ1n) is 4.83. The summed E-state index contributed by atoms with van der Waals surface area (Å²) >= 11 is 0. The second kappa shape index (κ2) is 4.61. The maximum Gasteiger partial charge on any atom is 0.178 e. The van der Waals surface area contributed by atoms with E-state index in [0.717, 1.165) is 17.8 Å². The molecular weight excluding hydrogens is 188 g/mol. The van der Waals surface area contributed by atoms with E-state index in [4.69, 9.17) is 5.73 Å². The van der Waals surface area contributed by atoms with Gasteiger partial charge in [-0.25, -0.2) is 9.97 Å². The summed E-state index contributed by atoms with van der Waals surface area (Å²) in [6.07, 6.45) is 4.23. The van der Waals surface area contributed by atoms with Crippen molar-refractivity contribution in [2.45, 2.75) is 6.42 Å². The maximum absolute atomic E-state index is 5.47. The molecule has 76 valence electrons. The molecule has 0 aliphatic heterocycles. The lowest BCUT2D eigenvalue weighted by Gasteiger charge is -2.01. The minimum atomic E-state index is 0.596. The Morgan fingerprint density at radius 2 is 2.00 bits per heavy atom. The first-order valence-corrected chi connectivity index (χ1v) is 4.83. The predicted molar refractivity (Wildman–Crippen MR) is 58.0 cm³/mol. The molecule has 0 fully saturated rings. The van der Waals surface area contributed by atoms with Crippen LogP contribution in [0, 0.1) is 0 Å². The van der Waals surface area contributed by atoms with Gasteiger partial charge in [0.1, 0.15) is 5.69 Å². The Morgan fingerprint density at radius 1 is 1.07 bits per heavy atom. The van der Waals surface area contributed by atoms with Gasteiger partial charge in [0.05, 0.1) is 0 Å². The van der Waals surface area contributed by atoms with Gasteiger partial charge in [-0.2, -0.15) is 0 Å². The third kappa shape index (κ3) is 2.35. The third-order valence-corrected chi connectivity index (χ3v) is 2.01. The molecule has 0 spiro atoms. The fourth-order valence-electron chi connectivity index (χ4n) is 1.30. The highest BCUT2D eigenvalue weighted by atomic mass is 14.9. The Labute approximate surface area is 88.2 Å². The molecule has 0 saturated carbocycles. The van der Waals surface area contributed by atoms with Gasteiger partial charge in [0.2, 0.25) is 0 Å². The Kier molecular flexibility index (Phi) is 2.99. The number of aromatic nitrogens is 3. The van der Waals surface area contributed by atoms with Crippen LogP contribution in [0.2, 0.25) is 0 Å². The molecule has 0 atom stereocenters. The molecule has 4 nitrogen and oxygen atoms in total. The van der Waals surface area contributed by atoms with Crippen LogP contribution in [0.4, 0.5) is 0 Å². The van der Waals surface area contributed by atoms with E-state index in [1.54, 1.807) is 12.4 Å². The van der Waals surface area contributed by atoms with Gasteiger partial charge < -0.3 is 5.73 Å². The van der Waals surface area contributed by atoms with E-state index in [2.05, 4.69) is 15.0 Å². The third-order valence-electron chi connectivity index (χ3n) is 2.01. The Balaban J connectivity index is 2.33. The highest BCUT2D eigenvalue weighted by molar-refractivity contribution is 5.47. The summed E-state index contributed by atoms with van der Waals surface area (Å²) in [7, 11) is 0. The Hall–Kier alpha value is -1.81. The minimum Gasteiger partial charge on any atom is -0.330 e. The fraction of sp³-hybridized carbons (Fsp3) is 0.182. The summed E-state index contributed by atoms with van der Waals surface area (Å²) in [5.74, 6) is 0.654. The first-order chi connectivity index (χ1) is 7.40. The molecule has 0 radical (unpaired) electrons. The second-order valence-electron chi connectivity index (χ2n) is 3.13. The van der Waals surface area contributed by atoms with Crippen molar-refractivity contribution in [2.24, 2.45) is 5.73 Å². The zero-order valence-corrected chi connectivity index (χ0v) is 8.30. The highest BCUT2D eigenvalue weighted by Gasteiger charge is 2.02. The molecule has 0 aliphatic rings. The predicted octanol–water partition coefficient (Wildman–Crippen LogP) is 1.04. The largest absolute Gasteiger partial charge is 0.330 e. The molecule has 2 rings (SSSR count). The summed E-state index contributed by atoms with van der Waals surface area (Å²) in [4.78, 5) is 12.8. The number of rotatable bonds is 3. The molecule has 0 aliphatic carbocycles. The lowest BCUT2D eigenvalue weighted by Crippen LogP contribution is -2.05. The first kappa shape index (κ1) is 9.73. The van der Waals surface area contributed by atoms with E-state index in [1.807, 2.05) is 24.3 Å². The van der Waals surface area contributed by atoms with Crippen LogP contribution < -0.4 is 5.73 Å². The van der Waals surface area contributed by atoms with Crippen LogP contribution in [0.1, 0.15) is 5.69 Å². The SMILES string of the molecule is NCCc1ccnc(-c2ccccn2)n1. The number of hydrogen-bond donors (Lipinski definition) is 1. The van der Waals surface area contributed by atoms with Crippen molar-refractivity contribution in [1.29, 1.82) is 0 Å². The quantitative estimate of drug-likeness (QED) is 0.804. The number of nitrogens with zero attached hydrogens (tertiary/aromatic N) is 3. The smallest absolute Gasteiger partial charge is 0.178 e. The zero-order valence-electron chi connectivity index (χ0n) is 8.30. The Morgan fingerprint density at radius 3 is 2.73 bits per heavy atom. The lowest BCUT2D eigenvalue weighted by molar-refractivity contribution is 0.911. The molecule has 15 heavy (non-hydrogen) atoms. The van der Waals surface area contributed by atoms with Gasteiger partial charge in [-0.3, -0.25) is 4.98 Å². The van der Waals surface area contributed by atoms with Crippen LogP contribution in [0.3, 0.4) is 0 Å². The molecule has 0 amide bonds. The zero-order chi connectivity index (χ0) is 10.5. The van der Waals surface area contributed by atoms with Crippen LogP contribution in [0.5, 0.6) is 0 Å². The topological polar surface area (TPSA) is 64.7 Å². The molecule has 0 unspecified atom stereocenters. The average molecular weight is 200 g/mol. The summed E-state index contributed by atoms with van der Waals surface area (Å²) < 4.78 is 0. The molecule has 0 aromatic carbocycles. The van der Waals surface area contributed by atoms with E-state index in [0.29, 0.717) is 12.4 Å². The molecular formula is C11H12N4. The van der Waals surface area contributed by atoms with E-state index < -0.39 is 0 Å². The van der Waals surface area contributed by atoms with Crippen LogP contribution in [-0.4, -0.2) is 21.5 Å². The van der Waals surface area contributed by atoms with Gasteiger partial charge >= 0.3 is 0 Å². The van der Waals surface area contributed by atoms with Crippen molar-refractivity contribution in [1.82, 2.24) is 15.0 Å². The monoisotopic (exact) mass is 200 g/mol. The van der Waals surface area contributed by atoms with Crippen LogP contribution in [0.25, 0.3) is 11.5 Å². The van der Waals surface area contributed by atoms with E-state index in [1.165, 1.54) is 0 Å². The van der Waals surface area contributed by atoms with Gasteiger partial charge in [-0.05, 0) is 24.7 Å². The van der Waals surface area contributed by atoms with Crippen molar-refractivity contribution in [3.8, 4) is 11.5 Å². The van der Waals surface area contributed by atoms with Crippen LogP contribution >= 0.6 is 0 Å². The van der Waals surface area contributed by atoms with Gasteiger partial charge in [0.25, 0.3) is 0 Å². The van der Waals surface area contributed by atoms with Crippen molar-refractivity contribution in [2.75, 3.05) is 6.54 Å². The highest BCUT2D eigenvalue weighted by Crippen LogP contribution is 2.10. The van der Waals surface area contributed by atoms with Crippen LogP contribution in [0.15, 0.2) is 36.7 Å². The number of hydrogen-bond acceptors (Lipinski definition) is 4. The summed E-state index contributed by atoms with van der Waals surface area (Å²) in [6.45, 7) is 0.596. The average Bonchev–Trinajstić information content (AvgIpc) is 2.31. The molecule has 4 heteroatoms. The van der Waals surface area contributed by atoms with E-state index in [9.17, 15) is 0 Å². The summed E-state index contributed by atoms with van der Waals surface area (Å²) in [6, 6.07) is 7.55. The van der Waals surface area contributed by atoms with Crippen molar-refractivity contribution in [3.05, 3.63) is 42.4 Å². The van der Waals surface area contributed by atoms with E-state index >= 15 is 0 Å². The molecule has 2 aromatic rings. The van der Waals surface area contributed by atoms with Gasteiger partial charge in [0.15, 0.2) is 5.82 Å². The molecule has 2 aromatic heterocycles. The fourth-order valence-corrected chi connectivity index (χ4v) is 1.30. The molecule has 0 saturated heterocycles. The minimum absolute atomic E-state index is 0.596. The standard InChI is InChI=1S/C11H12N4/c12-6-4-9-5-8-14-11(15-9)10-3-1-2-7-13-10/h1-3,5,7-8H,4,6,12H2. The molecule has 0 bridgehead atoms. The van der Waals surface area contributed by atoms with Crippen LogP contribution in [-0.2, 0) is 6.42 Å². The molecule has 2 N–H and O–H groups in total. The van der Waals surface area contributed by atoms with Gasteiger partial charge in [0, 0.05) is 24.5 Å². The number of pyridine rings is 1. The lowest BCUT2D eigenvalue weighted by atomic mass is 10.3. The van der Waals surface area contributed by atoms with Crippen molar-refractivity contribution >= 4 is 0 Å². The summed E-state index contributed by atoms with van der Waals surface area (Å²) in [5.41, 5.74) is 7.21. The van der Waals surface area contributed by atoms with Crippen molar-refractivity contribution < 1.29 is 0 Å². The van der Waals surface area contributed by atoms with Crippen molar-refractivity contribution in [3.63, 3.8) is 0 Å². The maximum atomic E-state index is 5.47. The normalized spacial score (nSPS) is 10.2. The van der Waals surface area contributed by atoms with E-state index in [-0.39, 0.29) is 0 Å². The van der Waals surface area contributed by atoms with Gasteiger partial charge in [-0.15, -0.1) is 0 Å².